The Morgan fingerprint density at radius 2 is 1.62 bits per heavy atom. The third-order valence-electron chi connectivity index (χ3n) is 1.37. The van der Waals surface area contributed by atoms with Crippen LogP contribution in [0.2, 0.25) is 10.0 Å². The van der Waals surface area contributed by atoms with Crippen molar-refractivity contribution in [1.29, 1.82) is 0 Å². The highest BCUT2D eigenvalue weighted by molar-refractivity contribution is 6.43. The van der Waals surface area contributed by atoms with Gasteiger partial charge in [0.2, 0.25) is 0 Å². The lowest BCUT2D eigenvalue weighted by Crippen LogP contribution is -2.05. The fourth-order valence-electron chi connectivity index (χ4n) is 0.758. The molecule has 1 rings (SSSR count). The predicted octanol–water partition coefficient (Wildman–Crippen LogP) is 3.72. The first-order valence-corrected chi connectivity index (χ1v) is 3.84. The number of aromatic hydroxyl groups is 1. The molecule has 13 heavy (non-hydrogen) atoms. The van der Waals surface area contributed by atoms with Crippen molar-refractivity contribution in [2.24, 2.45) is 0 Å². The molecule has 0 saturated carbocycles. The van der Waals surface area contributed by atoms with Gasteiger partial charge in [0, 0.05) is 0 Å². The standard InChI is InChI=1S/C7H3Cl2F3O/c8-5-3(7(10,11)12)1-2-4(13)6(5)9/h1-2,13H. The van der Waals surface area contributed by atoms with Crippen molar-refractivity contribution in [2.45, 2.75) is 6.18 Å². The molecule has 0 aromatic heterocycles. The maximum absolute atomic E-state index is 12.1. The average molecular weight is 231 g/mol. The Balaban J connectivity index is 3.35. The molecular weight excluding hydrogens is 228 g/mol. The predicted molar refractivity (Wildman–Crippen MR) is 43.1 cm³/mol. The van der Waals surface area contributed by atoms with Crippen molar-refractivity contribution >= 4 is 23.2 Å². The summed E-state index contributed by atoms with van der Waals surface area (Å²) in [5.74, 6) is -0.473. The van der Waals surface area contributed by atoms with Gasteiger partial charge in [0.05, 0.1) is 10.6 Å². The van der Waals surface area contributed by atoms with Crippen LogP contribution in [0, 0.1) is 0 Å². The molecule has 0 unspecified atom stereocenters. The minimum Gasteiger partial charge on any atom is -0.506 e. The Bertz CT molecular complexity index is 335. The van der Waals surface area contributed by atoms with Crippen LogP contribution >= 0.6 is 23.2 Å². The van der Waals surface area contributed by atoms with Gasteiger partial charge in [-0.3, -0.25) is 0 Å². The van der Waals surface area contributed by atoms with Gasteiger partial charge in [-0.05, 0) is 12.1 Å². The Morgan fingerprint density at radius 3 is 2.08 bits per heavy atom. The normalized spacial score (nSPS) is 11.8. The topological polar surface area (TPSA) is 20.2 Å². The smallest absolute Gasteiger partial charge is 0.417 e. The highest BCUT2D eigenvalue weighted by Gasteiger charge is 2.34. The Kier molecular flexibility index (Phi) is 2.63. The van der Waals surface area contributed by atoms with E-state index in [1.165, 1.54) is 0 Å². The molecule has 1 nitrogen and oxygen atoms in total. The van der Waals surface area contributed by atoms with Crippen LogP contribution in [-0.4, -0.2) is 5.11 Å². The van der Waals surface area contributed by atoms with Gasteiger partial charge in [0.1, 0.15) is 10.8 Å². The Labute approximate surface area is 81.7 Å². The van der Waals surface area contributed by atoms with Crippen molar-refractivity contribution in [1.82, 2.24) is 0 Å². The van der Waals surface area contributed by atoms with Crippen LogP contribution in [0.1, 0.15) is 5.56 Å². The zero-order valence-corrected chi connectivity index (χ0v) is 7.50. The molecule has 1 N–H and O–H groups in total. The van der Waals surface area contributed by atoms with Crippen molar-refractivity contribution in [2.75, 3.05) is 0 Å². The monoisotopic (exact) mass is 230 g/mol. The number of hydrogen-bond acceptors (Lipinski definition) is 1. The van der Waals surface area contributed by atoms with Crippen molar-refractivity contribution in [3.63, 3.8) is 0 Å². The minimum absolute atomic E-state index is 0.473. The molecule has 0 fully saturated rings. The van der Waals surface area contributed by atoms with E-state index in [4.69, 9.17) is 28.3 Å². The number of phenolic OH excluding ortho intramolecular Hbond substituents is 1. The zero-order valence-electron chi connectivity index (χ0n) is 5.99. The van der Waals surface area contributed by atoms with Crippen LogP contribution in [0.15, 0.2) is 12.1 Å². The second-order valence-corrected chi connectivity index (χ2v) is 3.01. The first-order valence-electron chi connectivity index (χ1n) is 3.08. The van der Waals surface area contributed by atoms with Crippen molar-refractivity contribution in [3.05, 3.63) is 27.7 Å². The van der Waals surface area contributed by atoms with E-state index in [-0.39, 0.29) is 0 Å². The zero-order chi connectivity index (χ0) is 10.2. The second-order valence-electron chi connectivity index (χ2n) is 2.26. The molecule has 0 atom stereocenters. The third-order valence-corrected chi connectivity index (χ3v) is 2.24. The molecule has 0 saturated heterocycles. The molecule has 0 heterocycles. The Morgan fingerprint density at radius 1 is 1.08 bits per heavy atom. The lowest BCUT2D eigenvalue weighted by molar-refractivity contribution is -0.137. The molecule has 0 bridgehead atoms. The lowest BCUT2D eigenvalue weighted by Gasteiger charge is -2.09. The molecule has 0 aliphatic heterocycles. The maximum Gasteiger partial charge on any atom is 0.417 e. The van der Waals surface area contributed by atoms with Crippen molar-refractivity contribution < 1.29 is 18.3 Å². The molecular formula is C7H3Cl2F3O. The number of phenols is 1. The van der Waals surface area contributed by atoms with Crippen LogP contribution in [0.25, 0.3) is 0 Å². The highest BCUT2D eigenvalue weighted by Crippen LogP contribution is 2.41. The summed E-state index contributed by atoms with van der Waals surface area (Å²) in [6.45, 7) is 0. The van der Waals surface area contributed by atoms with Crippen LogP contribution in [0.3, 0.4) is 0 Å². The SMILES string of the molecule is Oc1ccc(C(F)(F)F)c(Cl)c1Cl. The number of hydrogen-bond donors (Lipinski definition) is 1. The number of halogens is 5. The van der Waals surface area contributed by atoms with Gasteiger partial charge in [-0.2, -0.15) is 13.2 Å². The quantitative estimate of drug-likeness (QED) is 0.721. The van der Waals surface area contributed by atoms with Crippen LogP contribution < -0.4 is 0 Å². The second kappa shape index (κ2) is 3.27. The van der Waals surface area contributed by atoms with Gasteiger partial charge in [-0.1, -0.05) is 23.2 Å². The van der Waals surface area contributed by atoms with Crippen LogP contribution in [-0.2, 0) is 6.18 Å². The molecule has 0 amide bonds. The molecule has 0 spiro atoms. The van der Waals surface area contributed by atoms with Gasteiger partial charge >= 0.3 is 6.18 Å². The lowest BCUT2D eigenvalue weighted by atomic mass is 10.2. The summed E-state index contributed by atoms with van der Waals surface area (Å²) in [5.41, 5.74) is -1.06. The van der Waals surface area contributed by atoms with Crippen molar-refractivity contribution in [3.8, 4) is 5.75 Å². The van der Waals surface area contributed by atoms with E-state index in [0.29, 0.717) is 6.07 Å². The van der Waals surface area contributed by atoms with E-state index in [1.54, 1.807) is 0 Å². The fraction of sp³-hybridized carbons (Fsp3) is 0.143. The van der Waals surface area contributed by atoms with E-state index in [2.05, 4.69) is 0 Å². The first-order chi connectivity index (χ1) is 5.84. The van der Waals surface area contributed by atoms with Crippen LogP contribution in [0.5, 0.6) is 5.75 Å². The summed E-state index contributed by atoms with van der Waals surface area (Å²) in [6, 6.07) is 1.51. The van der Waals surface area contributed by atoms with Gasteiger partial charge < -0.3 is 5.11 Å². The summed E-state index contributed by atoms with van der Waals surface area (Å²) in [7, 11) is 0. The number of benzene rings is 1. The van der Waals surface area contributed by atoms with E-state index >= 15 is 0 Å². The molecule has 0 radical (unpaired) electrons. The number of rotatable bonds is 0. The average Bonchev–Trinajstić information content (AvgIpc) is 1.98. The Hall–Kier alpha value is -0.610. The first kappa shape index (κ1) is 10.5. The third kappa shape index (κ3) is 2.00. The van der Waals surface area contributed by atoms with E-state index in [9.17, 15) is 13.2 Å². The maximum atomic E-state index is 12.1. The summed E-state index contributed by atoms with van der Waals surface area (Å²) in [4.78, 5) is 0. The van der Waals surface area contributed by atoms with Gasteiger partial charge in [0.15, 0.2) is 0 Å². The number of alkyl halides is 3. The molecule has 1 aromatic carbocycles. The van der Waals surface area contributed by atoms with Crippen LogP contribution in [0.4, 0.5) is 13.2 Å². The highest BCUT2D eigenvalue weighted by atomic mass is 35.5. The van der Waals surface area contributed by atoms with E-state index in [0.717, 1.165) is 6.07 Å². The van der Waals surface area contributed by atoms with Gasteiger partial charge in [0.25, 0.3) is 0 Å². The molecule has 6 heteroatoms. The van der Waals surface area contributed by atoms with E-state index in [1.807, 2.05) is 0 Å². The molecule has 0 aliphatic rings. The summed E-state index contributed by atoms with van der Waals surface area (Å²) in [6.07, 6.45) is -4.56. The largest absolute Gasteiger partial charge is 0.506 e. The fourth-order valence-corrected chi connectivity index (χ4v) is 1.19. The summed E-state index contributed by atoms with van der Waals surface area (Å²) in [5, 5.41) is 7.73. The summed E-state index contributed by atoms with van der Waals surface area (Å²) >= 11 is 10.6. The minimum atomic E-state index is -4.56. The molecule has 1 aromatic rings. The molecule has 0 aliphatic carbocycles. The molecule has 72 valence electrons. The summed E-state index contributed by atoms with van der Waals surface area (Å²) < 4.78 is 36.4. The van der Waals surface area contributed by atoms with Gasteiger partial charge in [-0.25, -0.2) is 0 Å². The van der Waals surface area contributed by atoms with Gasteiger partial charge in [-0.15, -0.1) is 0 Å². The van der Waals surface area contributed by atoms with E-state index < -0.39 is 27.5 Å².